The molecule has 17 heteroatoms. The lowest BCUT2D eigenvalue weighted by atomic mass is 9.89. The Morgan fingerprint density at radius 1 is 0.855 bits per heavy atom. The number of carbonyl (C=O) groups excluding carboxylic acids is 4. The van der Waals surface area contributed by atoms with Crippen LogP contribution in [0.4, 0.5) is 9.59 Å². The molecule has 0 amide bonds. The summed E-state index contributed by atoms with van der Waals surface area (Å²) in [6, 6.07) is 10.2. The van der Waals surface area contributed by atoms with Gasteiger partial charge in [0.15, 0.2) is 35.2 Å². The number of fused-ring (bicyclic) bond motifs is 3. The Bertz CT molecular complexity index is 2070. The normalized spacial score (nSPS) is 20.5. The Balaban J connectivity index is 1.52. The fourth-order valence-electron chi connectivity index (χ4n) is 6.30. The molecule has 0 aromatic heterocycles. The Morgan fingerprint density at radius 2 is 1.51 bits per heavy atom. The van der Waals surface area contributed by atoms with Gasteiger partial charge in [0.25, 0.3) is 0 Å². The second-order valence-corrected chi connectivity index (χ2v) is 11.9. The van der Waals surface area contributed by atoms with Crippen LogP contribution in [-0.2, 0) is 44.6 Å². The summed E-state index contributed by atoms with van der Waals surface area (Å²) in [6.07, 6.45) is -8.20. The van der Waals surface area contributed by atoms with E-state index in [1.807, 2.05) is 0 Å². The third-order valence-corrected chi connectivity index (χ3v) is 8.63. The van der Waals surface area contributed by atoms with Crippen LogP contribution in [0.15, 0.2) is 55.6 Å². The van der Waals surface area contributed by atoms with E-state index in [1.54, 1.807) is 36.4 Å². The lowest BCUT2D eigenvalue weighted by Crippen LogP contribution is -2.62. The summed E-state index contributed by atoms with van der Waals surface area (Å²) in [5, 5.41) is 10.0. The highest BCUT2D eigenvalue weighted by atomic mass is 16.8. The van der Waals surface area contributed by atoms with Crippen molar-refractivity contribution < 1.29 is 76.0 Å². The topological polar surface area (TPSA) is 203 Å². The molecule has 0 radical (unpaired) electrons. The largest absolute Gasteiger partial charge is 0.509 e. The van der Waals surface area contributed by atoms with Crippen LogP contribution in [0.3, 0.4) is 0 Å². The predicted molar refractivity (Wildman–Crippen MR) is 186 cm³/mol. The summed E-state index contributed by atoms with van der Waals surface area (Å²) in [5.41, 5.74) is 1.45. The molecule has 6 rings (SSSR count). The zero-order valence-electron chi connectivity index (χ0n) is 29.9. The smallest absolute Gasteiger partial charge is 0.493 e. The second kappa shape index (κ2) is 16.6. The minimum Gasteiger partial charge on any atom is -0.493 e. The second-order valence-electron chi connectivity index (χ2n) is 11.9. The van der Waals surface area contributed by atoms with Crippen LogP contribution in [-0.4, -0.2) is 89.2 Å². The third kappa shape index (κ3) is 7.71. The van der Waals surface area contributed by atoms with Crippen LogP contribution in [0, 0.1) is 11.3 Å². The predicted octanol–water partition coefficient (Wildman–Crippen LogP) is 5.29. The lowest BCUT2D eigenvalue weighted by molar-refractivity contribution is -0.275. The summed E-state index contributed by atoms with van der Waals surface area (Å²) < 4.78 is 67.5. The molecular weight excluding hydrogens is 726 g/mol. The number of cyclic esters (lactones) is 1. The van der Waals surface area contributed by atoms with Crippen LogP contribution >= 0.6 is 0 Å². The summed E-state index contributed by atoms with van der Waals surface area (Å²) in [4.78, 5) is 52.1. The van der Waals surface area contributed by atoms with E-state index in [-0.39, 0.29) is 49.2 Å². The quantitative estimate of drug-likeness (QED) is 0.123. The van der Waals surface area contributed by atoms with Crippen LogP contribution in [0.5, 0.6) is 28.7 Å². The highest BCUT2D eigenvalue weighted by Gasteiger charge is 2.53. The van der Waals surface area contributed by atoms with E-state index in [2.05, 4.69) is 13.2 Å². The first-order chi connectivity index (χ1) is 26.6. The molecule has 0 bridgehead atoms. The first-order valence-corrected chi connectivity index (χ1v) is 16.7. The van der Waals surface area contributed by atoms with Gasteiger partial charge >= 0.3 is 24.2 Å². The number of carbonyl (C=O) groups is 4. The van der Waals surface area contributed by atoms with Gasteiger partial charge in [0.1, 0.15) is 38.1 Å². The van der Waals surface area contributed by atoms with E-state index in [1.165, 1.54) is 33.3 Å². The fraction of sp³-hybridized carbons (Fsp3) is 0.342. The van der Waals surface area contributed by atoms with Crippen LogP contribution in [0.1, 0.15) is 29.3 Å². The number of ether oxygens (including phenoxy) is 12. The molecule has 3 aromatic rings. The molecule has 0 saturated carbocycles. The first kappa shape index (κ1) is 38.1. The number of nitrogens with zero attached hydrogens (tertiary/aromatic N) is 1. The molecular formula is C38H35NO16. The molecule has 1 saturated heterocycles. The molecule has 3 aliphatic rings. The van der Waals surface area contributed by atoms with Crippen molar-refractivity contribution in [2.24, 2.45) is 0 Å². The Hall–Kier alpha value is -6.67. The highest BCUT2D eigenvalue weighted by molar-refractivity contribution is 6.14. The molecule has 0 spiro atoms. The van der Waals surface area contributed by atoms with Crippen LogP contribution in [0.2, 0.25) is 0 Å². The summed E-state index contributed by atoms with van der Waals surface area (Å²) in [7, 11) is 2.89. The minimum atomic E-state index is -1.73. The molecule has 55 heavy (non-hydrogen) atoms. The molecule has 5 atom stereocenters. The monoisotopic (exact) mass is 761 g/mol. The molecule has 1 unspecified atom stereocenters. The van der Waals surface area contributed by atoms with Crippen LogP contribution < -0.4 is 23.7 Å². The Morgan fingerprint density at radius 3 is 2.16 bits per heavy atom. The van der Waals surface area contributed by atoms with Gasteiger partial charge in [0.2, 0.25) is 19.2 Å². The van der Waals surface area contributed by atoms with E-state index in [0.29, 0.717) is 39.1 Å². The van der Waals surface area contributed by atoms with Gasteiger partial charge < -0.3 is 56.8 Å². The third-order valence-electron chi connectivity index (χ3n) is 8.63. The fourth-order valence-corrected chi connectivity index (χ4v) is 6.30. The summed E-state index contributed by atoms with van der Waals surface area (Å²) in [5.74, 6) is -0.0884. The first-order valence-electron chi connectivity index (χ1n) is 16.7. The van der Waals surface area contributed by atoms with E-state index in [4.69, 9.17) is 56.8 Å². The van der Waals surface area contributed by atoms with Gasteiger partial charge in [-0.2, -0.15) is 5.26 Å². The maximum atomic E-state index is 13.6. The van der Waals surface area contributed by atoms with Crippen molar-refractivity contribution in [1.82, 2.24) is 0 Å². The number of methoxy groups -OCH3 is 2. The van der Waals surface area contributed by atoms with Crippen molar-refractivity contribution in [2.75, 3.05) is 34.2 Å². The number of hydrogen-bond donors (Lipinski definition) is 0. The maximum absolute atomic E-state index is 13.6. The van der Waals surface area contributed by atoms with E-state index < -0.39 is 61.4 Å². The number of rotatable bonds is 13. The Labute approximate surface area is 313 Å². The molecule has 3 heterocycles. The van der Waals surface area contributed by atoms with Crippen molar-refractivity contribution in [2.45, 2.75) is 50.7 Å². The van der Waals surface area contributed by atoms with E-state index in [9.17, 15) is 24.4 Å². The van der Waals surface area contributed by atoms with Crippen molar-refractivity contribution in [3.63, 3.8) is 0 Å². The molecule has 17 nitrogen and oxygen atoms in total. The molecule has 1 fully saturated rings. The highest BCUT2D eigenvalue weighted by Crippen LogP contribution is 2.50. The number of nitriles is 1. The molecule has 0 aliphatic carbocycles. The summed E-state index contributed by atoms with van der Waals surface area (Å²) >= 11 is 0. The van der Waals surface area contributed by atoms with E-state index in [0.717, 1.165) is 0 Å². The van der Waals surface area contributed by atoms with Gasteiger partial charge in [0.05, 0.1) is 25.9 Å². The molecule has 3 aliphatic heterocycles. The standard InChI is InChI=1S/C38H35NO16/c1-6-12-46-37(42)54-31-19(3)51-36(34(55-38(43)47-13-7-2)33(31)52-28(40)10-11-39)53-32-22-16-26(45-5)25(44-4)15-21(22)29(30-23(32)17-48-35(30)41)20-8-9-24-27(14-20)50-18-49-24/h6-9,14-16,19,31,33-34,36H,1-2,10,12-13,17-18H2,3-5H3/t19-,31-,33+,34-,36?/m1/s1. The van der Waals surface area contributed by atoms with Gasteiger partial charge in [-0.3, -0.25) is 4.79 Å². The molecule has 0 N–H and O–H groups in total. The van der Waals surface area contributed by atoms with Gasteiger partial charge in [-0.25, -0.2) is 14.4 Å². The maximum Gasteiger partial charge on any atom is 0.509 e. The number of benzene rings is 3. The van der Waals surface area contributed by atoms with Crippen molar-refractivity contribution in [3.8, 4) is 45.9 Å². The lowest BCUT2D eigenvalue weighted by Gasteiger charge is -2.43. The van der Waals surface area contributed by atoms with Crippen molar-refractivity contribution >= 4 is 35.0 Å². The average molecular weight is 762 g/mol. The van der Waals surface area contributed by atoms with Gasteiger partial charge in [-0.1, -0.05) is 31.4 Å². The van der Waals surface area contributed by atoms with E-state index >= 15 is 0 Å². The Kier molecular flexibility index (Phi) is 11.5. The van der Waals surface area contributed by atoms with Gasteiger partial charge in [0, 0.05) is 16.5 Å². The number of hydrogen-bond acceptors (Lipinski definition) is 17. The number of esters is 2. The van der Waals surface area contributed by atoms with Crippen molar-refractivity contribution in [3.05, 3.63) is 66.8 Å². The summed E-state index contributed by atoms with van der Waals surface area (Å²) in [6.45, 7) is 7.78. The average Bonchev–Trinajstić information content (AvgIpc) is 3.81. The van der Waals surface area contributed by atoms with Gasteiger partial charge in [-0.15, -0.1) is 0 Å². The molecule has 288 valence electrons. The SMILES string of the molecule is C=CCOC(=O)O[C@H]1[C@H](OC(=O)CC#N)[C@@H](OC(=O)OCC=C)C(Oc2c3c(c(-c4ccc5c(c4)OCO5)c4cc(OC)c(OC)cc24)C(=O)OC3)O[C@@H]1C. The zero-order chi connectivity index (χ0) is 39.2. The van der Waals surface area contributed by atoms with Crippen LogP contribution in [0.25, 0.3) is 21.9 Å². The van der Waals surface area contributed by atoms with Crippen molar-refractivity contribution in [1.29, 1.82) is 5.26 Å². The molecule has 3 aromatic carbocycles. The minimum absolute atomic E-state index is 0.0242. The zero-order valence-corrected chi connectivity index (χ0v) is 29.9. The van der Waals surface area contributed by atoms with Gasteiger partial charge in [-0.05, 0) is 42.1 Å².